The van der Waals surface area contributed by atoms with Gasteiger partial charge in [-0.3, -0.25) is 4.79 Å². The van der Waals surface area contributed by atoms with Crippen molar-refractivity contribution < 1.29 is 9.21 Å². The number of hydrogen-bond donors (Lipinski definition) is 0. The second-order valence-corrected chi connectivity index (χ2v) is 7.05. The molecule has 136 valence electrons. The Hall–Kier alpha value is -3.21. The summed E-state index contributed by atoms with van der Waals surface area (Å²) in [4.78, 5) is 16.6. The largest absolute Gasteiger partial charge is 0.417 e. The molecule has 0 aliphatic heterocycles. The second-order valence-electron chi connectivity index (χ2n) is 7.05. The topological polar surface area (TPSA) is 60.4 Å². The van der Waals surface area contributed by atoms with Crippen LogP contribution in [-0.4, -0.2) is 20.4 Å². The molecule has 0 spiro atoms. The first-order chi connectivity index (χ1) is 13.0. The molecule has 2 aromatic heterocycles. The van der Waals surface area contributed by atoms with Crippen molar-refractivity contribution >= 4 is 11.5 Å². The molecule has 2 heterocycles. The number of aromatic nitrogens is 3. The Morgan fingerprint density at radius 2 is 1.63 bits per heavy atom. The molecule has 0 atom stereocenters. The molecule has 0 N–H and O–H groups in total. The Balaban J connectivity index is 1.46. The van der Waals surface area contributed by atoms with E-state index >= 15 is 0 Å². The van der Waals surface area contributed by atoms with Gasteiger partial charge in [0.15, 0.2) is 0 Å². The monoisotopic (exact) mass is 359 g/mol. The summed E-state index contributed by atoms with van der Waals surface area (Å²) in [5.74, 6) is 1.54. The number of ketones is 1. The number of carbonyl (C=O) groups excluding carboxylic acids is 1. The highest BCUT2D eigenvalue weighted by molar-refractivity contribution is 5.83. The minimum atomic E-state index is 0.208. The maximum Gasteiger partial charge on any atom is 0.246 e. The van der Waals surface area contributed by atoms with E-state index in [0.717, 1.165) is 22.5 Å². The molecule has 2 aromatic carbocycles. The fraction of sp³-hybridized carbons (Fsp3) is 0.227. The first kappa shape index (κ1) is 17.2. The predicted octanol–water partition coefficient (Wildman–Crippen LogP) is 4.27. The van der Waals surface area contributed by atoms with Gasteiger partial charge in [0.2, 0.25) is 11.6 Å². The molecular formula is C22H21N3O2. The smallest absolute Gasteiger partial charge is 0.246 e. The van der Waals surface area contributed by atoms with Crippen molar-refractivity contribution in [2.24, 2.45) is 0 Å². The summed E-state index contributed by atoms with van der Waals surface area (Å²) < 4.78 is 7.40. The van der Waals surface area contributed by atoms with Gasteiger partial charge in [-0.2, -0.15) is 4.52 Å². The maximum atomic E-state index is 12.4. The molecule has 0 unspecified atom stereocenters. The van der Waals surface area contributed by atoms with E-state index in [-0.39, 0.29) is 5.78 Å². The number of fused-ring (bicyclic) bond motifs is 1. The van der Waals surface area contributed by atoms with Crippen molar-refractivity contribution in [3.8, 4) is 11.5 Å². The molecule has 0 saturated carbocycles. The third-order valence-corrected chi connectivity index (χ3v) is 4.55. The van der Waals surface area contributed by atoms with Gasteiger partial charge in [-0.05, 0) is 44.0 Å². The van der Waals surface area contributed by atoms with Crippen LogP contribution in [0.5, 0.6) is 0 Å². The number of nitrogens with zero attached hydrogens (tertiary/aromatic N) is 3. The normalized spacial score (nSPS) is 11.2. The van der Waals surface area contributed by atoms with E-state index in [1.807, 2.05) is 31.2 Å². The summed E-state index contributed by atoms with van der Waals surface area (Å²) in [5.41, 5.74) is 5.95. The second kappa shape index (κ2) is 6.83. The summed E-state index contributed by atoms with van der Waals surface area (Å²) in [6, 6.07) is 14.1. The van der Waals surface area contributed by atoms with E-state index in [1.54, 1.807) is 10.7 Å². The fourth-order valence-corrected chi connectivity index (χ4v) is 3.39. The van der Waals surface area contributed by atoms with Crippen LogP contribution in [0.3, 0.4) is 0 Å². The van der Waals surface area contributed by atoms with Crippen LogP contribution in [0.25, 0.3) is 17.2 Å². The van der Waals surface area contributed by atoms with E-state index < -0.39 is 0 Å². The number of benzene rings is 2. The lowest BCUT2D eigenvalue weighted by atomic mass is 9.99. The van der Waals surface area contributed by atoms with Gasteiger partial charge >= 0.3 is 0 Å². The van der Waals surface area contributed by atoms with E-state index in [0.29, 0.717) is 24.4 Å². The van der Waals surface area contributed by atoms with Crippen LogP contribution in [0.2, 0.25) is 0 Å². The molecule has 4 rings (SSSR count). The molecule has 4 aromatic rings. The molecule has 5 heteroatoms. The predicted molar refractivity (Wildman–Crippen MR) is 104 cm³/mol. The Morgan fingerprint density at radius 3 is 2.30 bits per heavy atom. The van der Waals surface area contributed by atoms with Gasteiger partial charge < -0.3 is 4.42 Å². The quantitative estimate of drug-likeness (QED) is 0.534. The lowest BCUT2D eigenvalue weighted by Crippen LogP contribution is -2.07. The third kappa shape index (κ3) is 3.67. The van der Waals surface area contributed by atoms with Crippen molar-refractivity contribution in [2.75, 3.05) is 0 Å². The van der Waals surface area contributed by atoms with Gasteiger partial charge in [-0.1, -0.05) is 41.5 Å². The molecule has 27 heavy (non-hydrogen) atoms. The molecule has 5 nitrogen and oxygen atoms in total. The number of aryl methyl sites for hydroxylation is 3. The van der Waals surface area contributed by atoms with Crippen LogP contribution >= 0.6 is 0 Å². The van der Waals surface area contributed by atoms with Gasteiger partial charge in [0, 0.05) is 18.4 Å². The van der Waals surface area contributed by atoms with E-state index in [4.69, 9.17) is 4.42 Å². The maximum absolute atomic E-state index is 12.4. The molecule has 0 amide bonds. The zero-order valence-electron chi connectivity index (χ0n) is 15.7. The lowest BCUT2D eigenvalue weighted by molar-refractivity contribution is -0.117. The molecule has 0 aliphatic carbocycles. The summed E-state index contributed by atoms with van der Waals surface area (Å²) in [6.45, 7) is 5.99. The zero-order valence-corrected chi connectivity index (χ0v) is 15.7. The Kier molecular flexibility index (Phi) is 4.36. The Labute approximate surface area is 157 Å². The van der Waals surface area contributed by atoms with E-state index in [1.165, 1.54) is 11.1 Å². The van der Waals surface area contributed by atoms with Crippen LogP contribution < -0.4 is 0 Å². The number of rotatable bonds is 5. The highest BCUT2D eigenvalue weighted by Crippen LogP contribution is 2.21. The SMILES string of the molecule is Cc1cc(C)cc(CC(=O)Cc2ccc(-c3nn4c(C)ncc4o3)cc2)c1. The molecular weight excluding hydrogens is 338 g/mol. The Bertz CT molecular complexity index is 1100. The zero-order chi connectivity index (χ0) is 19.0. The van der Waals surface area contributed by atoms with E-state index in [9.17, 15) is 4.79 Å². The highest BCUT2D eigenvalue weighted by atomic mass is 16.4. The minimum Gasteiger partial charge on any atom is -0.417 e. The standard InChI is InChI=1S/C22H21N3O2/c1-14-8-15(2)10-18(9-14)12-20(26)11-17-4-6-19(7-5-17)22-24-25-16(3)23-13-21(25)27-22/h4-10,13H,11-12H2,1-3H3. The number of carbonyl (C=O) groups is 1. The number of imidazole rings is 1. The first-order valence-electron chi connectivity index (χ1n) is 8.97. The Morgan fingerprint density at radius 1 is 0.963 bits per heavy atom. The highest BCUT2D eigenvalue weighted by Gasteiger charge is 2.11. The van der Waals surface area contributed by atoms with Gasteiger partial charge in [0.25, 0.3) is 0 Å². The molecule has 0 saturated heterocycles. The van der Waals surface area contributed by atoms with Crippen LogP contribution in [0.4, 0.5) is 0 Å². The van der Waals surface area contributed by atoms with Gasteiger partial charge in [-0.25, -0.2) is 4.98 Å². The average Bonchev–Trinajstić information content (AvgIpc) is 3.17. The lowest BCUT2D eigenvalue weighted by Gasteiger charge is -2.05. The average molecular weight is 359 g/mol. The number of hydrogen-bond acceptors (Lipinski definition) is 4. The summed E-state index contributed by atoms with van der Waals surface area (Å²) in [6.07, 6.45) is 2.54. The first-order valence-corrected chi connectivity index (χ1v) is 8.97. The van der Waals surface area contributed by atoms with Crippen molar-refractivity contribution in [2.45, 2.75) is 33.6 Å². The van der Waals surface area contributed by atoms with Crippen LogP contribution in [0.1, 0.15) is 28.1 Å². The number of Topliss-reactive ketones (excluding diaryl/α,β-unsaturated/α-hetero) is 1. The van der Waals surface area contributed by atoms with Crippen LogP contribution in [0.15, 0.2) is 53.1 Å². The molecule has 0 bridgehead atoms. The summed E-state index contributed by atoms with van der Waals surface area (Å²) in [7, 11) is 0. The van der Waals surface area contributed by atoms with Crippen molar-refractivity contribution in [1.29, 1.82) is 0 Å². The van der Waals surface area contributed by atoms with Crippen molar-refractivity contribution in [1.82, 2.24) is 14.6 Å². The van der Waals surface area contributed by atoms with Crippen LogP contribution in [-0.2, 0) is 17.6 Å². The van der Waals surface area contributed by atoms with Gasteiger partial charge in [0.05, 0.1) is 6.20 Å². The van der Waals surface area contributed by atoms with Crippen LogP contribution in [0, 0.1) is 20.8 Å². The minimum absolute atomic E-state index is 0.208. The molecule has 0 radical (unpaired) electrons. The van der Waals surface area contributed by atoms with Crippen molar-refractivity contribution in [3.05, 3.63) is 76.7 Å². The molecule has 0 fully saturated rings. The van der Waals surface area contributed by atoms with Crippen molar-refractivity contribution in [3.63, 3.8) is 0 Å². The fourth-order valence-electron chi connectivity index (χ4n) is 3.39. The summed E-state index contributed by atoms with van der Waals surface area (Å²) >= 11 is 0. The van der Waals surface area contributed by atoms with E-state index in [2.05, 4.69) is 42.1 Å². The van der Waals surface area contributed by atoms with Gasteiger partial charge in [-0.15, -0.1) is 5.10 Å². The third-order valence-electron chi connectivity index (χ3n) is 4.55. The summed E-state index contributed by atoms with van der Waals surface area (Å²) in [5, 5.41) is 4.43. The molecule has 0 aliphatic rings. The van der Waals surface area contributed by atoms with Gasteiger partial charge in [0.1, 0.15) is 11.6 Å².